The van der Waals surface area contributed by atoms with E-state index in [-0.39, 0.29) is 23.4 Å². The molecule has 1 atom stereocenters. The number of furan rings is 1. The Bertz CT molecular complexity index is 1400. The molecule has 2 N–H and O–H groups in total. The number of hydrogen-bond acceptors (Lipinski definition) is 6. The van der Waals surface area contributed by atoms with E-state index in [4.69, 9.17) is 9.15 Å². The minimum absolute atomic E-state index is 0.00391. The molecule has 5 rings (SSSR count). The standard InChI is InChI=1S/C26H23N3O5/c1-14(2)33-17-11-9-16(10-12-17)23(30)21-22(20-13-8-15(3)34-20)29(25(32)24(21)31)26-27-18-6-4-5-7-19(18)28-26/h4-14,22,30H,1-3H3,(H,27,28)/b23-21+. The van der Waals surface area contributed by atoms with Crippen molar-refractivity contribution in [3.05, 3.63) is 83.3 Å². The summed E-state index contributed by atoms with van der Waals surface area (Å²) in [6, 6.07) is 16.5. The first kappa shape index (κ1) is 21.5. The Morgan fingerprint density at radius 1 is 1.09 bits per heavy atom. The average Bonchev–Trinajstić information content (AvgIpc) is 3.49. The van der Waals surface area contributed by atoms with Crippen molar-refractivity contribution in [1.82, 2.24) is 9.97 Å². The van der Waals surface area contributed by atoms with Crippen LogP contribution in [0.25, 0.3) is 16.8 Å². The molecule has 2 aromatic carbocycles. The molecule has 1 amide bonds. The topological polar surface area (TPSA) is 109 Å². The van der Waals surface area contributed by atoms with Crippen LogP contribution >= 0.6 is 0 Å². The Labute approximate surface area is 195 Å². The van der Waals surface area contributed by atoms with Crippen LogP contribution in [0.4, 0.5) is 5.95 Å². The van der Waals surface area contributed by atoms with Gasteiger partial charge < -0.3 is 19.2 Å². The number of anilines is 1. The molecule has 1 aliphatic rings. The molecule has 1 saturated heterocycles. The highest BCUT2D eigenvalue weighted by atomic mass is 16.5. The predicted molar refractivity (Wildman–Crippen MR) is 127 cm³/mol. The van der Waals surface area contributed by atoms with Gasteiger partial charge in [-0.3, -0.25) is 14.5 Å². The molecule has 1 fully saturated rings. The van der Waals surface area contributed by atoms with Crippen LogP contribution in [0.2, 0.25) is 0 Å². The third-order valence-electron chi connectivity index (χ3n) is 5.58. The van der Waals surface area contributed by atoms with Crippen LogP contribution in [0.15, 0.2) is 70.7 Å². The summed E-state index contributed by atoms with van der Waals surface area (Å²) >= 11 is 0. The van der Waals surface area contributed by atoms with Crippen molar-refractivity contribution in [2.75, 3.05) is 4.90 Å². The molecule has 4 aromatic rings. The molecular formula is C26H23N3O5. The van der Waals surface area contributed by atoms with Gasteiger partial charge in [0.25, 0.3) is 5.78 Å². The number of aliphatic hydroxyl groups excluding tert-OH is 1. The number of nitrogens with zero attached hydrogens (tertiary/aromatic N) is 2. The van der Waals surface area contributed by atoms with E-state index >= 15 is 0 Å². The van der Waals surface area contributed by atoms with Gasteiger partial charge >= 0.3 is 5.91 Å². The molecule has 2 aromatic heterocycles. The third kappa shape index (κ3) is 3.63. The van der Waals surface area contributed by atoms with Crippen molar-refractivity contribution in [3.8, 4) is 5.75 Å². The van der Waals surface area contributed by atoms with E-state index in [1.54, 1.807) is 49.4 Å². The number of ether oxygens (including phenoxy) is 1. The van der Waals surface area contributed by atoms with Crippen LogP contribution in [-0.4, -0.2) is 32.9 Å². The molecule has 1 unspecified atom stereocenters. The lowest BCUT2D eigenvalue weighted by molar-refractivity contribution is -0.132. The van der Waals surface area contributed by atoms with Crippen molar-refractivity contribution in [2.24, 2.45) is 0 Å². The number of nitrogens with one attached hydrogen (secondary N) is 1. The number of aromatic nitrogens is 2. The second-order valence-corrected chi connectivity index (χ2v) is 8.39. The molecule has 172 valence electrons. The van der Waals surface area contributed by atoms with E-state index in [9.17, 15) is 14.7 Å². The lowest BCUT2D eigenvalue weighted by atomic mass is 9.99. The number of amides is 1. The maximum atomic E-state index is 13.2. The Morgan fingerprint density at radius 2 is 1.82 bits per heavy atom. The summed E-state index contributed by atoms with van der Waals surface area (Å²) in [5.41, 5.74) is 1.67. The van der Waals surface area contributed by atoms with Crippen LogP contribution in [0.3, 0.4) is 0 Å². The van der Waals surface area contributed by atoms with E-state index in [0.29, 0.717) is 28.4 Å². The zero-order valence-electron chi connectivity index (χ0n) is 18.9. The number of ketones is 1. The molecule has 0 saturated carbocycles. The SMILES string of the molecule is Cc1ccc(C2/C(=C(\O)c3ccc(OC(C)C)cc3)C(=O)C(=O)N2c2nc3ccccc3[nH]2)o1. The molecule has 8 heteroatoms. The van der Waals surface area contributed by atoms with Gasteiger partial charge in [-0.05, 0) is 69.3 Å². The molecule has 34 heavy (non-hydrogen) atoms. The smallest absolute Gasteiger partial charge is 0.302 e. The Morgan fingerprint density at radius 3 is 2.47 bits per heavy atom. The quantitative estimate of drug-likeness (QED) is 0.251. The first-order valence-corrected chi connectivity index (χ1v) is 10.9. The first-order chi connectivity index (χ1) is 16.3. The number of imidazole rings is 1. The van der Waals surface area contributed by atoms with Gasteiger partial charge in [-0.15, -0.1) is 0 Å². The minimum Gasteiger partial charge on any atom is -0.507 e. The molecular weight excluding hydrogens is 434 g/mol. The number of H-pyrrole nitrogens is 1. The van der Waals surface area contributed by atoms with Crippen LogP contribution in [0.5, 0.6) is 5.75 Å². The highest BCUT2D eigenvalue weighted by molar-refractivity contribution is 6.51. The number of aromatic amines is 1. The Balaban J connectivity index is 1.65. The summed E-state index contributed by atoms with van der Waals surface area (Å²) in [7, 11) is 0. The van der Waals surface area contributed by atoms with Crippen molar-refractivity contribution < 1.29 is 23.8 Å². The van der Waals surface area contributed by atoms with Crippen molar-refractivity contribution in [1.29, 1.82) is 0 Å². The van der Waals surface area contributed by atoms with Gasteiger partial charge in [-0.1, -0.05) is 12.1 Å². The number of aryl methyl sites for hydroxylation is 1. The van der Waals surface area contributed by atoms with Gasteiger partial charge in [-0.25, -0.2) is 4.98 Å². The van der Waals surface area contributed by atoms with Crippen molar-refractivity contribution in [2.45, 2.75) is 32.9 Å². The normalized spacial score (nSPS) is 17.8. The number of carbonyl (C=O) groups excluding carboxylic acids is 2. The molecule has 1 aliphatic heterocycles. The number of aliphatic hydroxyl groups is 1. The second kappa shape index (κ2) is 8.22. The number of carbonyl (C=O) groups is 2. The van der Waals surface area contributed by atoms with E-state index in [2.05, 4.69) is 9.97 Å². The molecule has 0 radical (unpaired) electrons. The fraction of sp³-hybridized carbons (Fsp3) is 0.192. The lowest BCUT2D eigenvalue weighted by Crippen LogP contribution is -2.30. The van der Waals surface area contributed by atoms with Crippen LogP contribution in [0.1, 0.15) is 37.0 Å². The summed E-state index contributed by atoms with van der Waals surface area (Å²) in [6.07, 6.45) is -0.00391. The molecule has 3 heterocycles. The van der Waals surface area contributed by atoms with E-state index in [1.165, 1.54) is 4.90 Å². The molecule has 8 nitrogen and oxygen atoms in total. The fourth-order valence-corrected chi connectivity index (χ4v) is 4.09. The van der Waals surface area contributed by atoms with Crippen LogP contribution < -0.4 is 9.64 Å². The zero-order chi connectivity index (χ0) is 24.0. The number of hydrogen-bond donors (Lipinski definition) is 2. The predicted octanol–water partition coefficient (Wildman–Crippen LogP) is 4.88. The maximum Gasteiger partial charge on any atom is 0.302 e. The van der Waals surface area contributed by atoms with Gasteiger partial charge in [0, 0.05) is 5.56 Å². The first-order valence-electron chi connectivity index (χ1n) is 10.9. The van der Waals surface area contributed by atoms with Gasteiger partial charge in [0.15, 0.2) is 0 Å². The number of para-hydroxylation sites is 2. The fourth-order valence-electron chi connectivity index (χ4n) is 4.09. The highest BCUT2D eigenvalue weighted by Crippen LogP contribution is 2.42. The molecule has 0 aliphatic carbocycles. The third-order valence-corrected chi connectivity index (χ3v) is 5.58. The largest absolute Gasteiger partial charge is 0.507 e. The summed E-state index contributed by atoms with van der Waals surface area (Å²) in [6.45, 7) is 5.60. The second-order valence-electron chi connectivity index (χ2n) is 8.39. The van der Waals surface area contributed by atoms with E-state index < -0.39 is 17.7 Å². The Kier molecular flexibility index (Phi) is 5.20. The lowest BCUT2D eigenvalue weighted by Gasteiger charge is -2.20. The summed E-state index contributed by atoms with van der Waals surface area (Å²) in [4.78, 5) is 35.2. The van der Waals surface area contributed by atoms with Gasteiger partial charge in [-0.2, -0.15) is 0 Å². The number of Topliss-reactive ketones (excluding diaryl/α,β-unsaturated/α-hetero) is 1. The van der Waals surface area contributed by atoms with Gasteiger partial charge in [0.05, 0.1) is 22.7 Å². The number of rotatable bonds is 5. The monoisotopic (exact) mass is 457 g/mol. The van der Waals surface area contributed by atoms with E-state index in [0.717, 1.165) is 5.52 Å². The molecule has 0 bridgehead atoms. The van der Waals surface area contributed by atoms with E-state index in [1.807, 2.05) is 32.0 Å². The highest BCUT2D eigenvalue weighted by Gasteiger charge is 2.49. The van der Waals surface area contributed by atoms with Crippen LogP contribution in [0, 0.1) is 6.92 Å². The average molecular weight is 457 g/mol. The number of fused-ring (bicyclic) bond motifs is 1. The zero-order valence-corrected chi connectivity index (χ0v) is 18.9. The number of benzene rings is 2. The van der Waals surface area contributed by atoms with Crippen molar-refractivity contribution >= 4 is 34.4 Å². The summed E-state index contributed by atoms with van der Waals surface area (Å²) in [5, 5.41) is 11.2. The summed E-state index contributed by atoms with van der Waals surface area (Å²) < 4.78 is 11.5. The molecule has 0 spiro atoms. The van der Waals surface area contributed by atoms with Crippen molar-refractivity contribution in [3.63, 3.8) is 0 Å². The summed E-state index contributed by atoms with van der Waals surface area (Å²) in [5.74, 6) is -0.139. The van der Waals surface area contributed by atoms with Gasteiger partial charge in [0.2, 0.25) is 5.95 Å². The minimum atomic E-state index is -0.985. The Hall–Kier alpha value is -4.33. The van der Waals surface area contributed by atoms with Crippen LogP contribution in [-0.2, 0) is 9.59 Å². The van der Waals surface area contributed by atoms with Gasteiger partial charge in [0.1, 0.15) is 29.1 Å². The maximum absolute atomic E-state index is 13.2.